The lowest BCUT2D eigenvalue weighted by Crippen LogP contribution is -2.23. The van der Waals surface area contributed by atoms with Crippen molar-refractivity contribution in [3.05, 3.63) is 35.1 Å². The van der Waals surface area contributed by atoms with Crippen LogP contribution in [0.15, 0.2) is 18.2 Å². The van der Waals surface area contributed by atoms with Crippen molar-refractivity contribution in [3.8, 4) is 11.8 Å². The van der Waals surface area contributed by atoms with Gasteiger partial charge in [0.25, 0.3) is 0 Å². The smallest absolute Gasteiger partial charge is 0.222 e. The Morgan fingerprint density at radius 3 is 2.89 bits per heavy atom. The Kier molecular flexibility index (Phi) is 3.96. The van der Waals surface area contributed by atoms with E-state index >= 15 is 0 Å². The summed E-state index contributed by atoms with van der Waals surface area (Å²) in [6, 6.07) is 4.62. The Morgan fingerprint density at radius 1 is 1.39 bits per heavy atom. The van der Waals surface area contributed by atoms with Gasteiger partial charge in [-0.05, 0) is 30.2 Å². The summed E-state index contributed by atoms with van der Waals surface area (Å²) < 4.78 is 13.4. The van der Waals surface area contributed by atoms with Crippen LogP contribution in [0.4, 0.5) is 4.39 Å². The van der Waals surface area contributed by atoms with E-state index in [9.17, 15) is 9.18 Å². The van der Waals surface area contributed by atoms with Gasteiger partial charge in [0.1, 0.15) is 5.82 Å². The van der Waals surface area contributed by atoms with Crippen molar-refractivity contribution >= 4 is 5.91 Å². The molecule has 0 unspecified atom stereocenters. The second-order valence-corrected chi connectivity index (χ2v) is 4.27. The van der Waals surface area contributed by atoms with E-state index in [-0.39, 0.29) is 18.3 Å². The van der Waals surface area contributed by atoms with E-state index in [4.69, 9.17) is 5.73 Å². The van der Waals surface area contributed by atoms with Gasteiger partial charge in [-0.2, -0.15) is 0 Å². The molecule has 1 aliphatic heterocycles. The molecule has 2 rings (SSSR count). The first-order valence-electron chi connectivity index (χ1n) is 5.95. The Morgan fingerprint density at radius 2 is 2.22 bits per heavy atom. The lowest BCUT2D eigenvalue weighted by molar-refractivity contribution is -0.128. The highest BCUT2D eigenvalue weighted by Crippen LogP contribution is 2.16. The molecule has 0 saturated carbocycles. The zero-order chi connectivity index (χ0) is 13.0. The topological polar surface area (TPSA) is 46.3 Å². The molecule has 1 saturated heterocycles. The van der Waals surface area contributed by atoms with Gasteiger partial charge in [-0.25, -0.2) is 4.39 Å². The normalized spacial score (nSPS) is 14.6. The average molecular weight is 246 g/mol. The zero-order valence-electron chi connectivity index (χ0n) is 10.1. The number of hydrogen-bond acceptors (Lipinski definition) is 2. The predicted octanol–water partition coefficient (Wildman–Crippen LogP) is 1.26. The van der Waals surface area contributed by atoms with E-state index < -0.39 is 0 Å². The lowest BCUT2D eigenvalue weighted by Gasteiger charge is -2.15. The highest BCUT2D eigenvalue weighted by Gasteiger charge is 2.20. The van der Waals surface area contributed by atoms with Crippen LogP contribution < -0.4 is 5.73 Å². The van der Waals surface area contributed by atoms with Crippen LogP contribution in [0.25, 0.3) is 0 Å². The SMILES string of the molecule is NCC#Cc1cc(F)cc(CN2CCCC2=O)c1. The van der Waals surface area contributed by atoms with Crippen molar-refractivity contribution in [3.63, 3.8) is 0 Å². The van der Waals surface area contributed by atoms with Crippen molar-refractivity contribution < 1.29 is 9.18 Å². The number of halogens is 1. The summed E-state index contributed by atoms with van der Waals surface area (Å²) in [5.74, 6) is 5.30. The quantitative estimate of drug-likeness (QED) is 0.798. The van der Waals surface area contributed by atoms with Crippen LogP contribution in [-0.2, 0) is 11.3 Å². The summed E-state index contributed by atoms with van der Waals surface area (Å²) in [5, 5.41) is 0. The van der Waals surface area contributed by atoms with Crippen LogP contribution in [-0.4, -0.2) is 23.9 Å². The minimum absolute atomic E-state index is 0.133. The Labute approximate surface area is 106 Å². The third-order valence-electron chi connectivity index (χ3n) is 2.84. The molecule has 0 bridgehead atoms. The first kappa shape index (κ1) is 12.6. The molecule has 94 valence electrons. The van der Waals surface area contributed by atoms with Gasteiger partial charge < -0.3 is 10.6 Å². The predicted molar refractivity (Wildman–Crippen MR) is 67.0 cm³/mol. The fourth-order valence-corrected chi connectivity index (χ4v) is 2.06. The van der Waals surface area contributed by atoms with Crippen LogP contribution in [0.3, 0.4) is 0 Å². The van der Waals surface area contributed by atoms with Crippen molar-refractivity contribution in [1.29, 1.82) is 0 Å². The summed E-state index contributed by atoms with van der Waals surface area (Å²) in [5.41, 5.74) is 6.65. The van der Waals surface area contributed by atoms with Crippen molar-refractivity contribution in [2.75, 3.05) is 13.1 Å². The molecule has 0 atom stereocenters. The number of nitrogens with zero attached hydrogens (tertiary/aromatic N) is 1. The monoisotopic (exact) mass is 246 g/mol. The largest absolute Gasteiger partial charge is 0.338 e. The van der Waals surface area contributed by atoms with Crippen molar-refractivity contribution in [1.82, 2.24) is 4.90 Å². The van der Waals surface area contributed by atoms with E-state index in [0.717, 1.165) is 18.5 Å². The van der Waals surface area contributed by atoms with Gasteiger partial charge in [-0.1, -0.05) is 11.8 Å². The van der Waals surface area contributed by atoms with Crippen molar-refractivity contribution in [2.24, 2.45) is 5.73 Å². The maximum Gasteiger partial charge on any atom is 0.222 e. The highest BCUT2D eigenvalue weighted by atomic mass is 19.1. The molecule has 1 amide bonds. The van der Waals surface area contributed by atoms with Gasteiger partial charge in [-0.3, -0.25) is 4.79 Å². The first-order valence-corrected chi connectivity index (χ1v) is 5.95. The molecular weight excluding hydrogens is 231 g/mol. The van der Waals surface area contributed by atoms with E-state index in [0.29, 0.717) is 18.5 Å². The molecule has 0 radical (unpaired) electrons. The molecule has 0 aliphatic carbocycles. The van der Waals surface area contributed by atoms with E-state index in [1.807, 2.05) is 0 Å². The van der Waals surface area contributed by atoms with Crippen molar-refractivity contribution in [2.45, 2.75) is 19.4 Å². The lowest BCUT2D eigenvalue weighted by atomic mass is 10.1. The van der Waals surface area contributed by atoms with Crippen LogP contribution in [0.2, 0.25) is 0 Å². The number of benzene rings is 1. The number of carbonyl (C=O) groups excluding carboxylic acids is 1. The third-order valence-corrected chi connectivity index (χ3v) is 2.84. The minimum atomic E-state index is -0.333. The van der Waals surface area contributed by atoms with Gasteiger partial charge in [-0.15, -0.1) is 0 Å². The Hall–Kier alpha value is -1.86. The standard InChI is InChI=1S/C14H15FN2O/c15-13-8-11(3-1-5-16)7-12(9-13)10-17-6-2-4-14(17)18/h7-9H,2,4-6,10,16H2. The number of rotatable bonds is 2. The summed E-state index contributed by atoms with van der Waals surface area (Å²) in [6.45, 7) is 1.45. The van der Waals surface area contributed by atoms with E-state index in [1.165, 1.54) is 12.1 Å². The Balaban J connectivity index is 2.17. The van der Waals surface area contributed by atoms with E-state index in [1.54, 1.807) is 11.0 Å². The fraction of sp³-hybridized carbons (Fsp3) is 0.357. The summed E-state index contributed by atoms with van der Waals surface area (Å²) in [4.78, 5) is 13.3. The third kappa shape index (κ3) is 3.08. The second kappa shape index (κ2) is 5.65. The number of likely N-dealkylation sites (tertiary alicyclic amines) is 1. The molecule has 0 spiro atoms. The molecular formula is C14H15FN2O. The maximum atomic E-state index is 13.4. The molecule has 4 heteroatoms. The molecule has 0 aromatic heterocycles. The average Bonchev–Trinajstić information content (AvgIpc) is 2.72. The van der Waals surface area contributed by atoms with Gasteiger partial charge in [0.2, 0.25) is 5.91 Å². The second-order valence-electron chi connectivity index (χ2n) is 4.27. The molecule has 1 aliphatic rings. The highest BCUT2D eigenvalue weighted by molar-refractivity contribution is 5.78. The molecule has 2 N–H and O–H groups in total. The summed E-state index contributed by atoms with van der Waals surface area (Å²) >= 11 is 0. The first-order chi connectivity index (χ1) is 8.69. The summed E-state index contributed by atoms with van der Waals surface area (Å²) in [6.07, 6.45) is 1.48. The van der Waals surface area contributed by atoms with E-state index in [2.05, 4.69) is 11.8 Å². The number of hydrogen-bond donors (Lipinski definition) is 1. The van der Waals surface area contributed by atoms with Gasteiger partial charge in [0.15, 0.2) is 0 Å². The van der Waals surface area contributed by atoms with Gasteiger partial charge >= 0.3 is 0 Å². The molecule has 1 aromatic rings. The van der Waals surface area contributed by atoms with Crippen LogP contribution >= 0.6 is 0 Å². The zero-order valence-corrected chi connectivity index (χ0v) is 10.1. The molecule has 3 nitrogen and oxygen atoms in total. The maximum absolute atomic E-state index is 13.4. The van der Waals surface area contributed by atoms with Gasteiger partial charge in [0, 0.05) is 25.1 Å². The van der Waals surface area contributed by atoms with Gasteiger partial charge in [0.05, 0.1) is 6.54 Å². The molecule has 1 heterocycles. The molecule has 1 fully saturated rings. The number of nitrogens with two attached hydrogens (primary N) is 1. The molecule has 18 heavy (non-hydrogen) atoms. The number of amides is 1. The van der Waals surface area contributed by atoms with Crippen LogP contribution in [0.1, 0.15) is 24.0 Å². The van der Waals surface area contributed by atoms with Crippen LogP contribution in [0, 0.1) is 17.7 Å². The minimum Gasteiger partial charge on any atom is -0.338 e. The molecule has 1 aromatic carbocycles. The fourth-order valence-electron chi connectivity index (χ4n) is 2.06. The van der Waals surface area contributed by atoms with Crippen LogP contribution in [0.5, 0.6) is 0 Å². The summed E-state index contributed by atoms with van der Waals surface area (Å²) in [7, 11) is 0. The Bertz CT molecular complexity index is 516. The number of carbonyl (C=O) groups is 1.